The number of ether oxygens (including phenoxy) is 1. The van der Waals surface area contributed by atoms with E-state index in [9.17, 15) is 19.1 Å². The number of rotatable bonds is 5. The zero-order valence-corrected chi connectivity index (χ0v) is 18.8. The van der Waals surface area contributed by atoms with E-state index in [0.29, 0.717) is 41.9 Å². The van der Waals surface area contributed by atoms with Gasteiger partial charge in [0.05, 0.1) is 17.2 Å². The number of pyridine rings is 1. The lowest BCUT2D eigenvalue weighted by Gasteiger charge is -2.31. The molecule has 0 bridgehead atoms. The molecular formula is C25H24FN5O4. The van der Waals surface area contributed by atoms with Crippen molar-refractivity contribution in [1.29, 1.82) is 0 Å². The summed E-state index contributed by atoms with van der Waals surface area (Å²) < 4.78 is 22.0. The fourth-order valence-electron chi connectivity index (χ4n) is 4.56. The smallest absolute Gasteiger partial charge is 0.407 e. The van der Waals surface area contributed by atoms with E-state index < -0.39 is 6.09 Å². The average Bonchev–Trinajstić information content (AvgIpc) is 3.17. The molecular weight excluding hydrogens is 453 g/mol. The number of amides is 1. The van der Waals surface area contributed by atoms with E-state index in [2.05, 4.69) is 4.98 Å². The normalized spacial score (nSPS) is 15.9. The zero-order chi connectivity index (χ0) is 24.5. The van der Waals surface area contributed by atoms with Crippen LogP contribution in [0.25, 0.3) is 16.7 Å². The third-order valence-corrected chi connectivity index (χ3v) is 6.26. The maximum Gasteiger partial charge on any atom is 0.407 e. The van der Waals surface area contributed by atoms with Crippen molar-refractivity contribution < 1.29 is 19.0 Å². The van der Waals surface area contributed by atoms with Gasteiger partial charge in [0, 0.05) is 19.3 Å². The summed E-state index contributed by atoms with van der Waals surface area (Å²) in [5.74, 6) is 0.492. The van der Waals surface area contributed by atoms with Crippen molar-refractivity contribution >= 4 is 22.9 Å². The molecule has 5 rings (SSSR count). The number of halogens is 1. The van der Waals surface area contributed by atoms with E-state index in [1.165, 1.54) is 21.6 Å². The number of imidazole rings is 1. The fourth-order valence-corrected chi connectivity index (χ4v) is 4.56. The topological polar surface area (TPSA) is 116 Å². The summed E-state index contributed by atoms with van der Waals surface area (Å²) in [6.07, 6.45) is 1.89. The fraction of sp³-hybridized carbons (Fsp3) is 0.240. The Morgan fingerprint density at radius 2 is 1.89 bits per heavy atom. The van der Waals surface area contributed by atoms with Crippen molar-refractivity contribution in [1.82, 2.24) is 19.0 Å². The van der Waals surface area contributed by atoms with Gasteiger partial charge in [-0.2, -0.15) is 0 Å². The number of benzene rings is 2. The molecule has 9 nitrogen and oxygen atoms in total. The highest BCUT2D eigenvalue weighted by atomic mass is 19.1. The zero-order valence-electron chi connectivity index (χ0n) is 18.8. The first-order valence-corrected chi connectivity index (χ1v) is 11.3. The maximum atomic E-state index is 13.7. The van der Waals surface area contributed by atoms with Crippen LogP contribution in [0.1, 0.15) is 24.4 Å². The second-order valence-corrected chi connectivity index (χ2v) is 8.49. The highest BCUT2D eigenvalue weighted by Crippen LogP contribution is 2.29. The van der Waals surface area contributed by atoms with E-state index in [4.69, 9.17) is 10.5 Å². The average molecular weight is 477 g/mol. The number of carbonyl (C=O) groups is 1. The molecule has 180 valence electrons. The van der Waals surface area contributed by atoms with Gasteiger partial charge in [-0.3, -0.25) is 9.13 Å². The molecule has 1 amide bonds. The molecule has 2 aromatic carbocycles. The molecule has 0 spiro atoms. The molecule has 3 heterocycles. The summed E-state index contributed by atoms with van der Waals surface area (Å²) in [6.45, 7) is 0.951. The van der Waals surface area contributed by atoms with Crippen molar-refractivity contribution in [2.45, 2.75) is 25.5 Å². The minimum Gasteiger partial charge on any atom is -0.489 e. The van der Waals surface area contributed by atoms with E-state index in [1.54, 1.807) is 53.2 Å². The van der Waals surface area contributed by atoms with Gasteiger partial charge in [0.15, 0.2) is 0 Å². The number of anilines is 1. The van der Waals surface area contributed by atoms with Crippen LogP contribution in [0, 0.1) is 5.82 Å². The minimum atomic E-state index is -0.996. The van der Waals surface area contributed by atoms with Crippen LogP contribution in [0.2, 0.25) is 0 Å². The first kappa shape index (κ1) is 22.5. The minimum absolute atomic E-state index is 0.209. The van der Waals surface area contributed by atoms with Crippen molar-refractivity contribution in [3.63, 3.8) is 0 Å². The highest BCUT2D eigenvalue weighted by molar-refractivity contribution is 5.87. The van der Waals surface area contributed by atoms with Gasteiger partial charge in [0.25, 0.3) is 0 Å². The van der Waals surface area contributed by atoms with Gasteiger partial charge in [-0.25, -0.2) is 19.0 Å². The number of piperidine rings is 1. The summed E-state index contributed by atoms with van der Waals surface area (Å²) in [6, 6.07) is 14.5. The van der Waals surface area contributed by atoms with Gasteiger partial charge in [-0.05, 0) is 60.9 Å². The van der Waals surface area contributed by atoms with Crippen LogP contribution in [0.4, 0.5) is 15.0 Å². The summed E-state index contributed by atoms with van der Waals surface area (Å²) in [5, 5.41) is 9.44. The number of nitrogen functional groups attached to an aromatic ring is 1. The van der Waals surface area contributed by atoms with Crippen LogP contribution >= 0.6 is 0 Å². The van der Waals surface area contributed by atoms with Crippen LogP contribution in [-0.4, -0.2) is 43.3 Å². The maximum absolute atomic E-state index is 13.7. The Balaban J connectivity index is 1.48. The lowest BCUT2D eigenvalue weighted by atomic mass is 10.1. The van der Waals surface area contributed by atoms with Gasteiger partial charge in [0.1, 0.15) is 29.5 Å². The van der Waals surface area contributed by atoms with Crippen LogP contribution in [-0.2, 0) is 6.61 Å². The second-order valence-electron chi connectivity index (χ2n) is 8.49. The van der Waals surface area contributed by atoms with Gasteiger partial charge < -0.3 is 20.5 Å². The lowest BCUT2D eigenvalue weighted by Crippen LogP contribution is -2.42. The van der Waals surface area contributed by atoms with E-state index in [0.717, 1.165) is 5.56 Å². The third-order valence-electron chi connectivity index (χ3n) is 6.26. The second kappa shape index (κ2) is 9.13. The molecule has 10 heteroatoms. The molecule has 0 radical (unpaired) electrons. The van der Waals surface area contributed by atoms with Crippen molar-refractivity contribution in [3.8, 4) is 11.4 Å². The van der Waals surface area contributed by atoms with Crippen molar-refractivity contribution in [3.05, 3.63) is 82.7 Å². The summed E-state index contributed by atoms with van der Waals surface area (Å²) in [4.78, 5) is 30.7. The number of nitrogens with two attached hydrogens (primary N) is 1. The van der Waals surface area contributed by atoms with Crippen LogP contribution in [0.5, 0.6) is 5.75 Å². The largest absolute Gasteiger partial charge is 0.489 e. The van der Waals surface area contributed by atoms with E-state index >= 15 is 0 Å². The number of hydrogen-bond donors (Lipinski definition) is 2. The van der Waals surface area contributed by atoms with Gasteiger partial charge in [0.2, 0.25) is 0 Å². The Hall–Kier alpha value is -4.34. The predicted octanol–water partition coefficient (Wildman–Crippen LogP) is 3.80. The molecule has 1 aliphatic rings. The molecule has 2 aromatic heterocycles. The molecule has 4 aromatic rings. The van der Waals surface area contributed by atoms with Gasteiger partial charge >= 0.3 is 11.8 Å². The quantitative estimate of drug-likeness (QED) is 0.452. The van der Waals surface area contributed by atoms with Gasteiger partial charge in [-0.15, -0.1) is 0 Å². The number of likely N-dealkylation sites (tertiary alicyclic amines) is 1. The molecule has 1 unspecified atom stereocenters. The Morgan fingerprint density at radius 1 is 1.14 bits per heavy atom. The molecule has 1 aliphatic heterocycles. The summed E-state index contributed by atoms with van der Waals surface area (Å²) >= 11 is 0. The lowest BCUT2D eigenvalue weighted by molar-refractivity contribution is 0.121. The Bertz CT molecular complexity index is 1430. The van der Waals surface area contributed by atoms with E-state index in [-0.39, 0.29) is 36.5 Å². The number of nitrogens with zero attached hydrogens (tertiary/aromatic N) is 4. The molecule has 3 N–H and O–H groups in total. The van der Waals surface area contributed by atoms with Crippen LogP contribution in [0.15, 0.2) is 65.6 Å². The molecule has 1 fully saturated rings. The summed E-state index contributed by atoms with van der Waals surface area (Å²) in [5.41, 5.74) is 8.38. The summed E-state index contributed by atoms with van der Waals surface area (Å²) in [7, 11) is 0. The van der Waals surface area contributed by atoms with Gasteiger partial charge in [-0.1, -0.05) is 12.1 Å². The Kier molecular flexibility index (Phi) is 5.86. The standard InChI is InChI=1S/C25H24FN5O4/c26-17-5-3-16(4-6-17)15-35-20-9-7-18(8-10-20)31-22-21(11-12-28-23(22)27)30(24(31)32)19-2-1-13-29(14-19)25(33)34/h3-12,19H,1-2,13-15H2,(H2,27,28)(H,33,34). The molecule has 1 atom stereocenters. The molecule has 0 saturated carbocycles. The Morgan fingerprint density at radius 3 is 2.60 bits per heavy atom. The van der Waals surface area contributed by atoms with Crippen LogP contribution < -0.4 is 16.2 Å². The van der Waals surface area contributed by atoms with Crippen molar-refractivity contribution in [2.75, 3.05) is 18.8 Å². The van der Waals surface area contributed by atoms with E-state index in [1.807, 2.05) is 0 Å². The SMILES string of the molecule is Nc1nccc2c1n(-c1ccc(OCc3ccc(F)cc3)cc1)c(=O)n2C1CCCN(C(=O)O)C1. The van der Waals surface area contributed by atoms with Crippen LogP contribution in [0.3, 0.4) is 0 Å². The Labute approximate surface area is 199 Å². The van der Waals surface area contributed by atoms with Crippen molar-refractivity contribution in [2.24, 2.45) is 0 Å². The first-order chi connectivity index (χ1) is 16.9. The number of fused-ring (bicyclic) bond motifs is 1. The molecule has 1 saturated heterocycles. The number of hydrogen-bond acceptors (Lipinski definition) is 5. The predicted molar refractivity (Wildman–Crippen MR) is 128 cm³/mol. The monoisotopic (exact) mass is 477 g/mol. The molecule has 0 aliphatic carbocycles. The third kappa shape index (κ3) is 4.30. The first-order valence-electron chi connectivity index (χ1n) is 11.3. The highest BCUT2D eigenvalue weighted by Gasteiger charge is 2.29. The molecule has 35 heavy (non-hydrogen) atoms. The number of aromatic nitrogens is 3. The number of carboxylic acid groups (broad SMARTS) is 1.